The fourth-order valence-electron chi connectivity index (χ4n) is 1.52. The summed E-state index contributed by atoms with van der Waals surface area (Å²) in [6.45, 7) is 0.307. The second-order valence-corrected chi connectivity index (χ2v) is 3.79. The number of phenols is 2. The number of methoxy groups -OCH3 is 1. The summed E-state index contributed by atoms with van der Waals surface area (Å²) in [7, 11) is 1.59. The molecule has 0 aromatic heterocycles. The van der Waals surface area contributed by atoms with Gasteiger partial charge in [0.1, 0.15) is 18.1 Å². The van der Waals surface area contributed by atoms with Gasteiger partial charge in [0.2, 0.25) is 0 Å². The molecule has 0 atom stereocenters. The van der Waals surface area contributed by atoms with E-state index in [-0.39, 0.29) is 11.5 Å². The van der Waals surface area contributed by atoms with Crippen molar-refractivity contribution in [1.29, 1.82) is 0 Å². The van der Waals surface area contributed by atoms with Crippen LogP contribution in [0.3, 0.4) is 0 Å². The Hall–Kier alpha value is -2.36. The number of ether oxygens (including phenoxy) is 2. The highest BCUT2D eigenvalue weighted by Crippen LogP contribution is 2.26. The average Bonchev–Trinajstić information content (AvgIpc) is 2.40. The van der Waals surface area contributed by atoms with Crippen LogP contribution in [0, 0.1) is 0 Å². The molecule has 2 aromatic rings. The standard InChI is InChI=1S/C14H14O4/c1-17-11-3-2-4-12(8-11)18-9-10-5-6-13(15)14(16)7-10/h2-8,15-16H,9H2,1H3. The Balaban J connectivity index is 2.04. The van der Waals surface area contributed by atoms with Crippen molar-refractivity contribution >= 4 is 0 Å². The zero-order valence-corrected chi connectivity index (χ0v) is 9.96. The minimum Gasteiger partial charge on any atom is -0.504 e. The molecular weight excluding hydrogens is 232 g/mol. The van der Waals surface area contributed by atoms with Gasteiger partial charge in [-0.25, -0.2) is 0 Å². The molecule has 0 heterocycles. The van der Waals surface area contributed by atoms with Crippen LogP contribution in [0.5, 0.6) is 23.0 Å². The quantitative estimate of drug-likeness (QED) is 0.814. The van der Waals surface area contributed by atoms with E-state index in [4.69, 9.17) is 9.47 Å². The summed E-state index contributed by atoms with van der Waals surface area (Å²) in [4.78, 5) is 0. The average molecular weight is 246 g/mol. The molecule has 0 aliphatic carbocycles. The molecule has 18 heavy (non-hydrogen) atoms. The number of benzene rings is 2. The second kappa shape index (κ2) is 5.31. The van der Waals surface area contributed by atoms with E-state index in [0.717, 1.165) is 11.3 Å². The molecule has 0 radical (unpaired) electrons. The van der Waals surface area contributed by atoms with Crippen LogP contribution in [0.1, 0.15) is 5.56 Å². The summed E-state index contributed by atoms with van der Waals surface area (Å²) in [6.07, 6.45) is 0. The largest absolute Gasteiger partial charge is 0.504 e. The molecule has 0 aliphatic rings. The maximum Gasteiger partial charge on any atom is 0.157 e. The van der Waals surface area contributed by atoms with E-state index in [1.807, 2.05) is 18.2 Å². The number of hydrogen-bond acceptors (Lipinski definition) is 4. The minimum absolute atomic E-state index is 0.139. The smallest absolute Gasteiger partial charge is 0.157 e. The van der Waals surface area contributed by atoms with Crippen LogP contribution in [0.25, 0.3) is 0 Å². The number of rotatable bonds is 4. The maximum atomic E-state index is 9.35. The molecule has 0 amide bonds. The molecule has 2 rings (SSSR count). The molecule has 2 aromatic carbocycles. The highest BCUT2D eigenvalue weighted by molar-refractivity contribution is 5.40. The molecule has 94 valence electrons. The van der Waals surface area contributed by atoms with E-state index >= 15 is 0 Å². The first-order valence-corrected chi connectivity index (χ1v) is 5.47. The third-order valence-electron chi connectivity index (χ3n) is 2.49. The van der Waals surface area contributed by atoms with Crippen molar-refractivity contribution in [3.63, 3.8) is 0 Å². The summed E-state index contributed by atoms with van der Waals surface area (Å²) in [5, 5.41) is 18.5. The normalized spacial score (nSPS) is 10.1. The second-order valence-electron chi connectivity index (χ2n) is 3.79. The van der Waals surface area contributed by atoms with Crippen LogP contribution in [0.15, 0.2) is 42.5 Å². The van der Waals surface area contributed by atoms with Gasteiger partial charge in [0.15, 0.2) is 11.5 Å². The van der Waals surface area contributed by atoms with Gasteiger partial charge in [-0.2, -0.15) is 0 Å². The Bertz CT molecular complexity index is 537. The van der Waals surface area contributed by atoms with E-state index < -0.39 is 0 Å². The lowest BCUT2D eigenvalue weighted by molar-refractivity contribution is 0.302. The predicted molar refractivity (Wildman–Crippen MR) is 67.1 cm³/mol. The predicted octanol–water partition coefficient (Wildman–Crippen LogP) is 2.69. The van der Waals surface area contributed by atoms with Crippen LogP contribution >= 0.6 is 0 Å². The molecule has 0 fully saturated rings. The number of hydrogen-bond donors (Lipinski definition) is 2. The van der Waals surface area contributed by atoms with Gasteiger partial charge in [0, 0.05) is 6.07 Å². The fraction of sp³-hybridized carbons (Fsp3) is 0.143. The molecule has 0 unspecified atom stereocenters. The van der Waals surface area contributed by atoms with Crippen LogP contribution in [0.2, 0.25) is 0 Å². The van der Waals surface area contributed by atoms with E-state index in [2.05, 4.69) is 0 Å². The Kier molecular flexibility index (Phi) is 3.57. The minimum atomic E-state index is -0.151. The molecular formula is C14H14O4. The van der Waals surface area contributed by atoms with Crippen molar-refractivity contribution in [2.45, 2.75) is 6.61 Å². The van der Waals surface area contributed by atoms with Crippen molar-refractivity contribution < 1.29 is 19.7 Å². The van der Waals surface area contributed by atoms with Crippen molar-refractivity contribution in [2.75, 3.05) is 7.11 Å². The molecule has 0 saturated heterocycles. The van der Waals surface area contributed by atoms with E-state index in [0.29, 0.717) is 12.4 Å². The zero-order valence-electron chi connectivity index (χ0n) is 9.96. The van der Waals surface area contributed by atoms with Gasteiger partial charge in [-0.1, -0.05) is 12.1 Å². The lowest BCUT2D eigenvalue weighted by Crippen LogP contribution is -1.95. The molecule has 0 bridgehead atoms. The molecule has 0 aliphatic heterocycles. The topological polar surface area (TPSA) is 58.9 Å². The first kappa shape index (κ1) is 12.1. The Morgan fingerprint density at radius 2 is 1.72 bits per heavy atom. The van der Waals surface area contributed by atoms with Crippen molar-refractivity contribution in [3.8, 4) is 23.0 Å². The van der Waals surface area contributed by atoms with Crippen LogP contribution in [-0.2, 0) is 6.61 Å². The van der Waals surface area contributed by atoms with Gasteiger partial charge in [-0.15, -0.1) is 0 Å². The summed E-state index contributed by atoms with van der Waals surface area (Å²) in [5.41, 5.74) is 0.771. The van der Waals surface area contributed by atoms with Crippen molar-refractivity contribution in [3.05, 3.63) is 48.0 Å². The monoisotopic (exact) mass is 246 g/mol. The fourth-order valence-corrected chi connectivity index (χ4v) is 1.52. The van der Waals surface area contributed by atoms with Crippen molar-refractivity contribution in [2.24, 2.45) is 0 Å². The molecule has 0 saturated carbocycles. The Labute approximate surface area is 105 Å². The highest BCUT2D eigenvalue weighted by Gasteiger charge is 2.02. The zero-order chi connectivity index (χ0) is 13.0. The lowest BCUT2D eigenvalue weighted by Gasteiger charge is -2.08. The van der Waals surface area contributed by atoms with Gasteiger partial charge in [0.25, 0.3) is 0 Å². The third kappa shape index (κ3) is 2.85. The summed E-state index contributed by atoms with van der Waals surface area (Å²) in [6, 6.07) is 11.9. The van der Waals surface area contributed by atoms with Crippen LogP contribution in [0.4, 0.5) is 0 Å². The Morgan fingerprint density at radius 1 is 0.944 bits per heavy atom. The SMILES string of the molecule is COc1cccc(OCc2ccc(O)c(O)c2)c1. The van der Waals surface area contributed by atoms with Gasteiger partial charge in [0.05, 0.1) is 7.11 Å². The number of phenolic OH excluding ortho intramolecular Hbond substituents is 2. The number of aromatic hydroxyl groups is 2. The highest BCUT2D eigenvalue weighted by atomic mass is 16.5. The maximum absolute atomic E-state index is 9.35. The Morgan fingerprint density at radius 3 is 2.44 bits per heavy atom. The summed E-state index contributed by atoms with van der Waals surface area (Å²) < 4.78 is 10.6. The molecule has 0 spiro atoms. The van der Waals surface area contributed by atoms with Gasteiger partial charge in [-0.3, -0.25) is 0 Å². The molecule has 2 N–H and O–H groups in total. The van der Waals surface area contributed by atoms with Gasteiger partial charge < -0.3 is 19.7 Å². The third-order valence-corrected chi connectivity index (χ3v) is 2.49. The van der Waals surface area contributed by atoms with E-state index in [9.17, 15) is 10.2 Å². The lowest BCUT2D eigenvalue weighted by atomic mass is 10.2. The van der Waals surface area contributed by atoms with Crippen LogP contribution in [-0.4, -0.2) is 17.3 Å². The summed E-state index contributed by atoms with van der Waals surface area (Å²) >= 11 is 0. The van der Waals surface area contributed by atoms with Gasteiger partial charge >= 0.3 is 0 Å². The first-order chi connectivity index (χ1) is 8.69. The van der Waals surface area contributed by atoms with Crippen molar-refractivity contribution in [1.82, 2.24) is 0 Å². The van der Waals surface area contributed by atoms with Crippen LogP contribution < -0.4 is 9.47 Å². The van der Waals surface area contributed by atoms with E-state index in [1.165, 1.54) is 12.1 Å². The summed E-state index contributed by atoms with van der Waals surface area (Å²) in [5.74, 6) is 1.12. The first-order valence-electron chi connectivity index (χ1n) is 5.47. The molecule has 4 nitrogen and oxygen atoms in total. The molecule has 4 heteroatoms. The van der Waals surface area contributed by atoms with E-state index in [1.54, 1.807) is 19.2 Å². The van der Waals surface area contributed by atoms with Gasteiger partial charge in [-0.05, 0) is 29.8 Å².